The van der Waals surface area contributed by atoms with E-state index < -0.39 is 11.9 Å². The molecule has 6 heteroatoms. The highest BCUT2D eigenvalue weighted by atomic mass is 16.5. The van der Waals surface area contributed by atoms with Gasteiger partial charge in [-0.3, -0.25) is 0 Å². The van der Waals surface area contributed by atoms with Gasteiger partial charge >= 0.3 is 11.9 Å². The Morgan fingerprint density at radius 3 is 2.16 bits per heavy atom. The van der Waals surface area contributed by atoms with E-state index in [4.69, 9.17) is 4.74 Å². The van der Waals surface area contributed by atoms with Gasteiger partial charge in [0.25, 0.3) is 0 Å². The predicted octanol–water partition coefficient (Wildman–Crippen LogP) is 7.62. The van der Waals surface area contributed by atoms with E-state index in [1.807, 2.05) is 18.5 Å². The number of carbonyl (C=O) groups excluding carboxylic acids is 1. The molecule has 0 saturated heterocycles. The zero-order valence-electron chi connectivity index (χ0n) is 22.4. The summed E-state index contributed by atoms with van der Waals surface area (Å²) in [6, 6.07) is 10.2. The third kappa shape index (κ3) is 7.06. The molecule has 0 saturated carbocycles. The molecule has 200 valence electrons. The first-order valence-electron chi connectivity index (χ1n) is 14.1. The average Bonchev–Trinajstić information content (AvgIpc) is 2.95. The zero-order chi connectivity index (χ0) is 26.7. The molecule has 0 bridgehead atoms. The maximum absolute atomic E-state index is 12.8. The van der Waals surface area contributed by atoms with Crippen molar-refractivity contribution in [3.05, 3.63) is 76.6 Å². The minimum absolute atomic E-state index is 0.0310. The van der Waals surface area contributed by atoms with Gasteiger partial charge in [0.15, 0.2) is 5.82 Å². The van der Waals surface area contributed by atoms with Gasteiger partial charge in [-0.1, -0.05) is 70.1 Å². The van der Waals surface area contributed by atoms with Crippen LogP contribution in [0, 0.1) is 0 Å². The summed E-state index contributed by atoms with van der Waals surface area (Å²) in [5.41, 5.74) is 3.93. The topological polar surface area (TPSA) is 89.4 Å². The van der Waals surface area contributed by atoms with Crippen molar-refractivity contribution in [2.24, 2.45) is 0 Å². The molecule has 0 fully saturated rings. The molecule has 3 aromatic rings. The minimum atomic E-state index is -1.14. The first kappa shape index (κ1) is 27.5. The molecule has 0 atom stereocenters. The van der Waals surface area contributed by atoms with E-state index in [1.54, 1.807) is 30.3 Å². The molecule has 0 aliphatic heterocycles. The van der Waals surface area contributed by atoms with E-state index in [-0.39, 0.29) is 11.3 Å². The number of nitrogens with zero attached hydrogens (tertiary/aromatic N) is 2. The van der Waals surface area contributed by atoms with E-state index in [9.17, 15) is 14.7 Å². The zero-order valence-corrected chi connectivity index (χ0v) is 22.4. The highest BCUT2D eigenvalue weighted by molar-refractivity contribution is 5.97. The monoisotopic (exact) mass is 514 g/mol. The number of benzene rings is 2. The molecule has 1 aromatic heterocycles. The van der Waals surface area contributed by atoms with Crippen LogP contribution >= 0.6 is 0 Å². The second-order valence-electron chi connectivity index (χ2n) is 10.2. The fraction of sp³-hybridized carbons (Fsp3) is 0.438. The Kier molecular flexibility index (Phi) is 10.0. The SMILES string of the molecule is CCCCCCCCCCc1cnc(-c2cc(C(=O)O)c(OC(=O)c3ccccc3)c3c2CCCC3)nc1. The number of carboxylic acid groups (broad SMARTS) is 1. The van der Waals surface area contributed by atoms with Crippen molar-refractivity contribution in [3.8, 4) is 17.1 Å². The van der Waals surface area contributed by atoms with Crippen molar-refractivity contribution in [1.82, 2.24) is 9.97 Å². The van der Waals surface area contributed by atoms with Crippen LogP contribution in [0.1, 0.15) is 109 Å². The van der Waals surface area contributed by atoms with Gasteiger partial charge in [0.2, 0.25) is 0 Å². The average molecular weight is 515 g/mol. The van der Waals surface area contributed by atoms with E-state index in [0.717, 1.165) is 54.4 Å². The van der Waals surface area contributed by atoms with E-state index in [2.05, 4.69) is 16.9 Å². The minimum Gasteiger partial charge on any atom is -0.478 e. The maximum Gasteiger partial charge on any atom is 0.343 e. The lowest BCUT2D eigenvalue weighted by molar-refractivity contribution is 0.0680. The fourth-order valence-corrected chi connectivity index (χ4v) is 5.20. The summed E-state index contributed by atoms with van der Waals surface area (Å²) in [6.07, 6.45) is 18.2. The van der Waals surface area contributed by atoms with E-state index in [1.165, 1.54) is 44.9 Å². The van der Waals surface area contributed by atoms with Gasteiger partial charge in [0.05, 0.1) is 5.56 Å². The van der Waals surface area contributed by atoms with Gasteiger partial charge in [-0.05, 0) is 73.4 Å². The van der Waals surface area contributed by atoms with E-state index in [0.29, 0.717) is 17.8 Å². The summed E-state index contributed by atoms with van der Waals surface area (Å²) in [7, 11) is 0. The van der Waals surface area contributed by atoms with Crippen LogP contribution in [0.25, 0.3) is 11.4 Å². The molecule has 1 aliphatic carbocycles. The highest BCUT2D eigenvalue weighted by Gasteiger charge is 2.28. The van der Waals surface area contributed by atoms with Crippen LogP contribution in [0.2, 0.25) is 0 Å². The van der Waals surface area contributed by atoms with Gasteiger partial charge in [-0.25, -0.2) is 19.6 Å². The maximum atomic E-state index is 12.8. The highest BCUT2D eigenvalue weighted by Crippen LogP contribution is 2.39. The Morgan fingerprint density at radius 2 is 1.50 bits per heavy atom. The summed E-state index contributed by atoms with van der Waals surface area (Å²) in [5.74, 6) is -1.03. The number of fused-ring (bicyclic) bond motifs is 1. The number of aromatic nitrogens is 2. The Labute approximate surface area is 225 Å². The number of rotatable bonds is 13. The lowest BCUT2D eigenvalue weighted by atomic mass is 9.85. The second kappa shape index (κ2) is 13.8. The Hall–Kier alpha value is -3.54. The first-order chi connectivity index (χ1) is 18.6. The summed E-state index contributed by atoms with van der Waals surface area (Å²) < 4.78 is 5.73. The second-order valence-corrected chi connectivity index (χ2v) is 10.2. The Balaban J connectivity index is 1.51. The normalized spacial score (nSPS) is 12.7. The number of hydrogen-bond donors (Lipinski definition) is 1. The molecule has 38 heavy (non-hydrogen) atoms. The largest absolute Gasteiger partial charge is 0.478 e. The summed E-state index contributed by atoms with van der Waals surface area (Å²) >= 11 is 0. The number of ether oxygens (including phenoxy) is 1. The number of carboxylic acids is 1. The summed E-state index contributed by atoms with van der Waals surface area (Å²) in [6.45, 7) is 2.24. The first-order valence-corrected chi connectivity index (χ1v) is 14.1. The van der Waals surface area contributed by atoms with Crippen LogP contribution in [0.15, 0.2) is 48.8 Å². The third-order valence-corrected chi connectivity index (χ3v) is 7.30. The van der Waals surface area contributed by atoms with Crippen molar-refractivity contribution >= 4 is 11.9 Å². The standard InChI is InChI=1S/C32H38N2O4/c1-2-3-4-5-6-7-8-10-15-23-21-33-30(34-22-23)27-20-28(31(35)36)29(26-19-14-13-18-25(26)27)38-32(37)24-16-11-9-12-17-24/h9,11-12,16-17,20-22H,2-8,10,13-15,18-19H2,1H3,(H,35,36). The lowest BCUT2D eigenvalue weighted by Gasteiger charge is -2.23. The molecule has 1 heterocycles. The van der Waals surface area contributed by atoms with Crippen LogP contribution < -0.4 is 4.74 Å². The fourth-order valence-electron chi connectivity index (χ4n) is 5.20. The molecular weight excluding hydrogens is 476 g/mol. The summed E-state index contributed by atoms with van der Waals surface area (Å²) in [5, 5.41) is 10.0. The van der Waals surface area contributed by atoms with E-state index >= 15 is 0 Å². The number of hydrogen-bond acceptors (Lipinski definition) is 5. The van der Waals surface area contributed by atoms with Crippen molar-refractivity contribution in [1.29, 1.82) is 0 Å². The molecule has 0 amide bonds. The lowest BCUT2D eigenvalue weighted by Crippen LogP contribution is -2.17. The van der Waals surface area contributed by atoms with Crippen molar-refractivity contribution in [2.75, 3.05) is 0 Å². The van der Waals surface area contributed by atoms with Gasteiger partial charge in [-0.15, -0.1) is 0 Å². The molecule has 4 rings (SSSR count). The molecule has 1 N–H and O–H groups in total. The van der Waals surface area contributed by atoms with Gasteiger partial charge in [-0.2, -0.15) is 0 Å². The van der Waals surface area contributed by atoms with Crippen molar-refractivity contribution in [3.63, 3.8) is 0 Å². The van der Waals surface area contributed by atoms with Crippen LogP contribution in [0.4, 0.5) is 0 Å². The van der Waals surface area contributed by atoms with Crippen molar-refractivity contribution < 1.29 is 19.4 Å². The smallest absolute Gasteiger partial charge is 0.343 e. The third-order valence-electron chi connectivity index (χ3n) is 7.30. The molecular formula is C32H38N2O4. The Morgan fingerprint density at radius 1 is 0.868 bits per heavy atom. The number of aromatic carboxylic acids is 1. The van der Waals surface area contributed by atoms with Crippen LogP contribution in [-0.2, 0) is 19.3 Å². The van der Waals surface area contributed by atoms with Gasteiger partial charge in [0.1, 0.15) is 11.3 Å². The molecule has 0 spiro atoms. The van der Waals surface area contributed by atoms with Crippen LogP contribution in [-0.4, -0.2) is 27.0 Å². The van der Waals surface area contributed by atoms with Crippen molar-refractivity contribution in [2.45, 2.75) is 90.4 Å². The number of carbonyl (C=O) groups is 2. The quantitative estimate of drug-likeness (QED) is 0.143. The predicted molar refractivity (Wildman–Crippen MR) is 149 cm³/mol. The number of unbranched alkanes of at least 4 members (excludes halogenated alkanes) is 7. The van der Waals surface area contributed by atoms with Gasteiger partial charge < -0.3 is 9.84 Å². The summed E-state index contributed by atoms with van der Waals surface area (Å²) in [4.78, 5) is 34.4. The van der Waals surface area contributed by atoms with Crippen LogP contribution in [0.3, 0.4) is 0 Å². The molecule has 1 aliphatic rings. The Bertz CT molecular complexity index is 1220. The molecule has 0 unspecified atom stereocenters. The van der Waals surface area contributed by atoms with Crippen LogP contribution in [0.5, 0.6) is 5.75 Å². The number of esters is 1. The molecule has 2 aromatic carbocycles. The van der Waals surface area contributed by atoms with Gasteiger partial charge in [0, 0.05) is 18.0 Å². The molecule has 6 nitrogen and oxygen atoms in total. The number of aryl methyl sites for hydroxylation is 1. The molecule has 0 radical (unpaired) electrons.